The molecule has 1 rings (SSSR count). The van der Waals surface area contributed by atoms with Crippen LogP contribution in [0.2, 0.25) is 5.02 Å². The van der Waals surface area contributed by atoms with E-state index in [-0.39, 0.29) is 6.04 Å². The van der Waals surface area contributed by atoms with Crippen molar-refractivity contribution in [1.82, 2.24) is 0 Å². The molecule has 0 aliphatic rings. The van der Waals surface area contributed by atoms with Crippen molar-refractivity contribution in [3.8, 4) is 0 Å². The van der Waals surface area contributed by atoms with E-state index in [9.17, 15) is 4.21 Å². The van der Waals surface area contributed by atoms with Gasteiger partial charge < -0.3 is 5.73 Å². The Morgan fingerprint density at radius 2 is 2.27 bits per heavy atom. The second kappa shape index (κ2) is 6.26. The molecule has 0 aliphatic heterocycles. The lowest BCUT2D eigenvalue weighted by Gasteiger charge is -2.05. The van der Waals surface area contributed by atoms with Crippen LogP contribution < -0.4 is 5.73 Å². The number of hydrogen-bond acceptors (Lipinski definition) is 2. The van der Waals surface area contributed by atoms with E-state index in [1.165, 1.54) is 0 Å². The van der Waals surface area contributed by atoms with Gasteiger partial charge in [0.2, 0.25) is 0 Å². The van der Waals surface area contributed by atoms with Crippen molar-refractivity contribution >= 4 is 22.4 Å². The highest BCUT2D eigenvalue weighted by Crippen LogP contribution is 2.14. The standard InChI is InChI=1S/C11H16ClNOS/c1-9(13)4-3-7-15(14)11-6-2-5-10(12)8-11/h2,5-6,8-9H,3-4,7,13H2,1H3. The van der Waals surface area contributed by atoms with E-state index in [1.807, 2.05) is 19.1 Å². The van der Waals surface area contributed by atoms with Gasteiger partial charge in [-0.25, -0.2) is 0 Å². The maximum Gasteiger partial charge on any atom is 0.0530 e. The molecule has 15 heavy (non-hydrogen) atoms. The average molecular weight is 246 g/mol. The summed E-state index contributed by atoms with van der Waals surface area (Å²) in [5.74, 6) is 0.655. The first-order chi connectivity index (χ1) is 7.09. The Morgan fingerprint density at radius 3 is 2.87 bits per heavy atom. The topological polar surface area (TPSA) is 43.1 Å². The number of nitrogens with two attached hydrogens (primary N) is 1. The molecule has 84 valence electrons. The Labute approximate surface area is 98.3 Å². The van der Waals surface area contributed by atoms with Gasteiger partial charge in [-0.05, 0) is 38.0 Å². The molecular formula is C11H16ClNOS. The Morgan fingerprint density at radius 1 is 1.53 bits per heavy atom. The fraction of sp³-hybridized carbons (Fsp3) is 0.455. The summed E-state index contributed by atoms with van der Waals surface area (Å²) in [5, 5.41) is 0.632. The van der Waals surface area contributed by atoms with E-state index in [2.05, 4.69) is 0 Å². The van der Waals surface area contributed by atoms with Crippen LogP contribution in [-0.2, 0) is 10.8 Å². The summed E-state index contributed by atoms with van der Waals surface area (Å²) in [4.78, 5) is 0.798. The largest absolute Gasteiger partial charge is 0.328 e. The van der Waals surface area contributed by atoms with Crippen molar-refractivity contribution in [3.05, 3.63) is 29.3 Å². The van der Waals surface area contributed by atoms with Crippen LogP contribution in [0.1, 0.15) is 19.8 Å². The Bertz CT molecular complexity index is 341. The summed E-state index contributed by atoms with van der Waals surface area (Å²) in [7, 11) is -0.950. The minimum Gasteiger partial charge on any atom is -0.328 e. The molecule has 0 heterocycles. The molecule has 2 N–H and O–H groups in total. The van der Waals surface area contributed by atoms with Crippen LogP contribution in [0.5, 0.6) is 0 Å². The van der Waals surface area contributed by atoms with Gasteiger partial charge in [0.05, 0.1) is 10.8 Å². The van der Waals surface area contributed by atoms with Gasteiger partial charge in [0.25, 0.3) is 0 Å². The van der Waals surface area contributed by atoms with Crippen molar-refractivity contribution in [3.63, 3.8) is 0 Å². The van der Waals surface area contributed by atoms with Crippen LogP contribution in [0.4, 0.5) is 0 Å². The number of halogens is 1. The lowest BCUT2D eigenvalue weighted by atomic mass is 10.2. The minimum atomic E-state index is -0.950. The lowest BCUT2D eigenvalue weighted by molar-refractivity contribution is 0.644. The monoisotopic (exact) mass is 245 g/mol. The predicted octanol–water partition coefficient (Wildman–Crippen LogP) is 2.58. The summed E-state index contributed by atoms with van der Waals surface area (Å²) < 4.78 is 11.8. The van der Waals surface area contributed by atoms with Gasteiger partial charge >= 0.3 is 0 Å². The molecule has 0 aromatic heterocycles. The Kier molecular flexibility index (Phi) is 5.29. The van der Waals surface area contributed by atoms with E-state index in [1.54, 1.807) is 12.1 Å². The van der Waals surface area contributed by atoms with Gasteiger partial charge in [0.1, 0.15) is 0 Å². The summed E-state index contributed by atoms with van der Waals surface area (Å²) >= 11 is 5.82. The Balaban J connectivity index is 2.47. The summed E-state index contributed by atoms with van der Waals surface area (Å²) in [6.07, 6.45) is 1.79. The van der Waals surface area contributed by atoms with Gasteiger partial charge in [-0.3, -0.25) is 4.21 Å². The Hall–Kier alpha value is -0.380. The van der Waals surface area contributed by atoms with Crippen LogP contribution in [0.25, 0.3) is 0 Å². The minimum absolute atomic E-state index is 0.182. The van der Waals surface area contributed by atoms with Crippen LogP contribution in [0.15, 0.2) is 29.2 Å². The van der Waals surface area contributed by atoms with Crippen LogP contribution in [-0.4, -0.2) is 16.0 Å². The first-order valence-corrected chi connectivity index (χ1v) is 6.69. The van der Waals surface area contributed by atoms with Crippen molar-refractivity contribution < 1.29 is 4.21 Å². The first-order valence-electron chi connectivity index (χ1n) is 4.99. The second-order valence-electron chi connectivity index (χ2n) is 3.63. The van der Waals surface area contributed by atoms with E-state index in [0.717, 1.165) is 17.7 Å². The van der Waals surface area contributed by atoms with E-state index in [0.29, 0.717) is 10.8 Å². The molecule has 2 unspecified atom stereocenters. The highest BCUT2D eigenvalue weighted by molar-refractivity contribution is 7.85. The maximum absolute atomic E-state index is 11.8. The van der Waals surface area contributed by atoms with Crippen LogP contribution in [0.3, 0.4) is 0 Å². The highest BCUT2D eigenvalue weighted by atomic mass is 35.5. The zero-order valence-corrected chi connectivity index (χ0v) is 10.4. The third-order valence-electron chi connectivity index (χ3n) is 2.05. The molecule has 0 amide bonds. The molecule has 1 aromatic rings. The molecule has 0 bridgehead atoms. The predicted molar refractivity (Wildman–Crippen MR) is 65.6 cm³/mol. The fourth-order valence-corrected chi connectivity index (χ4v) is 2.67. The highest BCUT2D eigenvalue weighted by Gasteiger charge is 2.04. The summed E-state index contributed by atoms with van der Waals surface area (Å²) in [6, 6.07) is 7.38. The molecule has 2 atom stereocenters. The third kappa shape index (κ3) is 4.78. The second-order valence-corrected chi connectivity index (χ2v) is 5.63. The van der Waals surface area contributed by atoms with Gasteiger partial charge in [0.15, 0.2) is 0 Å². The number of benzene rings is 1. The first kappa shape index (κ1) is 12.7. The molecule has 0 radical (unpaired) electrons. The molecule has 0 spiro atoms. The van der Waals surface area contributed by atoms with Crippen LogP contribution >= 0.6 is 11.6 Å². The zero-order chi connectivity index (χ0) is 11.3. The fourth-order valence-electron chi connectivity index (χ4n) is 1.26. The molecular weight excluding hydrogens is 230 g/mol. The number of hydrogen-bond donors (Lipinski definition) is 1. The van der Waals surface area contributed by atoms with E-state index >= 15 is 0 Å². The number of rotatable bonds is 5. The molecule has 4 heteroatoms. The third-order valence-corrected chi connectivity index (χ3v) is 3.72. The molecule has 0 aliphatic carbocycles. The van der Waals surface area contributed by atoms with Gasteiger partial charge in [-0.2, -0.15) is 0 Å². The van der Waals surface area contributed by atoms with Gasteiger partial charge in [-0.1, -0.05) is 17.7 Å². The summed E-state index contributed by atoms with van der Waals surface area (Å²) in [6.45, 7) is 1.96. The van der Waals surface area contributed by atoms with Gasteiger partial charge in [0, 0.05) is 21.7 Å². The van der Waals surface area contributed by atoms with Crippen molar-refractivity contribution in [2.24, 2.45) is 5.73 Å². The molecule has 1 aromatic carbocycles. The SMILES string of the molecule is CC(N)CCCS(=O)c1cccc(Cl)c1. The quantitative estimate of drug-likeness (QED) is 0.867. The maximum atomic E-state index is 11.8. The van der Waals surface area contributed by atoms with Gasteiger partial charge in [-0.15, -0.1) is 0 Å². The van der Waals surface area contributed by atoms with E-state index in [4.69, 9.17) is 17.3 Å². The molecule has 0 saturated heterocycles. The smallest absolute Gasteiger partial charge is 0.0530 e. The zero-order valence-electron chi connectivity index (χ0n) is 8.78. The lowest BCUT2D eigenvalue weighted by Crippen LogP contribution is -2.15. The molecule has 2 nitrogen and oxygen atoms in total. The van der Waals surface area contributed by atoms with Crippen molar-refractivity contribution in [2.45, 2.75) is 30.7 Å². The van der Waals surface area contributed by atoms with Crippen molar-refractivity contribution in [2.75, 3.05) is 5.75 Å². The molecule has 0 fully saturated rings. The summed E-state index contributed by atoms with van der Waals surface area (Å²) in [5.41, 5.74) is 5.62. The van der Waals surface area contributed by atoms with Crippen LogP contribution in [0, 0.1) is 0 Å². The van der Waals surface area contributed by atoms with E-state index < -0.39 is 10.8 Å². The molecule has 0 saturated carbocycles. The average Bonchev–Trinajstić information content (AvgIpc) is 2.17. The van der Waals surface area contributed by atoms with Crippen molar-refractivity contribution in [1.29, 1.82) is 0 Å². The normalized spacial score (nSPS) is 14.9.